The van der Waals surface area contributed by atoms with Gasteiger partial charge < -0.3 is 20.4 Å². The molecule has 0 aromatic heterocycles. The zero-order valence-electron chi connectivity index (χ0n) is 8.34. The molecular formula is C8H20N2O4. The van der Waals surface area contributed by atoms with E-state index in [1.807, 2.05) is 0 Å². The van der Waals surface area contributed by atoms with E-state index in [-0.39, 0.29) is 26.9 Å². The zero-order valence-corrected chi connectivity index (χ0v) is 8.34. The van der Waals surface area contributed by atoms with Crippen molar-refractivity contribution in [1.82, 2.24) is 9.80 Å². The molecule has 14 heavy (non-hydrogen) atoms. The summed E-state index contributed by atoms with van der Waals surface area (Å²) in [5.41, 5.74) is 0. The van der Waals surface area contributed by atoms with Gasteiger partial charge in [-0.3, -0.25) is 9.80 Å². The molecule has 0 atom stereocenters. The van der Waals surface area contributed by atoms with Gasteiger partial charge in [-0.05, 0) is 12.8 Å². The maximum absolute atomic E-state index is 8.70. The molecule has 0 radical (unpaired) electrons. The molecule has 0 spiro atoms. The van der Waals surface area contributed by atoms with Crippen LogP contribution in [0.15, 0.2) is 0 Å². The highest BCUT2D eigenvalue weighted by Gasteiger charge is 2.02. The van der Waals surface area contributed by atoms with Gasteiger partial charge in [0.05, 0.1) is 26.9 Å². The van der Waals surface area contributed by atoms with E-state index in [1.165, 1.54) is 9.80 Å². The lowest BCUT2D eigenvalue weighted by atomic mass is 10.3. The quantitative estimate of drug-likeness (QED) is 0.263. The third kappa shape index (κ3) is 6.25. The van der Waals surface area contributed by atoms with Crippen LogP contribution in [0.25, 0.3) is 0 Å². The van der Waals surface area contributed by atoms with Gasteiger partial charge in [-0.25, -0.2) is 0 Å². The molecular weight excluding hydrogens is 188 g/mol. The highest BCUT2D eigenvalue weighted by molar-refractivity contribution is 4.51. The molecule has 0 fully saturated rings. The van der Waals surface area contributed by atoms with Gasteiger partial charge in [0.25, 0.3) is 0 Å². The Morgan fingerprint density at radius 1 is 0.571 bits per heavy atom. The molecule has 6 nitrogen and oxygen atoms in total. The second-order valence-corrected chi connectivity index (χ2v) is 3.06. The Morgan fingerprint density at radius 3 is 1.07 bits per heavy atom. The van der Waals surface area contributed by atoms with E-state index in [0.29, 0.717) is 13.1 Å². The smallest absolute Gasteiger partial charge is 0.0974 e. The zero-order chi connectivity index (χ0) is 10.8. The van der Waals surface area contributed by atoms with Crippen LogP contribution in [0.5, 0.6) is 0 Å². The van der Waals surface area contributed by atoms with Gasteiger partial charge in [0, 0.05) is 13.1 Å². The molecule has 0 bridgehead atoms. The maximum atomic E-state index is 8.70. The topological polar surface area (TPSA) is 87.4 Å². The second kappa shape index (κ2) is 9.32. The molecule has 0 heterocycles. The molecule has 0 aliphatic rings. The van der Waals surface area contributed by atoms with Gasteiger partial charge in [0.1, 0.15) is 0 Å². The lowest BCUT2D eigenvalue weighted by Crippen LogP contribution is -2.29. The summed E-state index contributed by atoms with van der Waals surface area (Å²) in [6.07, 6.45) is 1.61. The summed E-state index contributed by atoms with van der Waals surface area (Å²) in [5, 5.41) is 34.8. The summed E-state index contributed by atoms with van der Waals surface area (Å²) in [5.74, 6) is 0. The second-order valence-electron chi connectivity index (χ2n) is 3.06. The molecule has 0 rings (SSSR count). The summed E-state index contributed by atoms with van der Waals surface area (Å²) in [7, 11) is 0. The van der Waals surface area contributed by atoms with E-state index in [0.717, 1.165) is 12.8 Å². The number of hydrogen-bond donors (Lipinski definition) is 4. The first-order valence-electron chi connectivity index (χ1n) is 4.66. The summed E-state index contributed by atoms with van der Waals surface area (Å²) in [6.45, 7) is 0.607. The van der Waals surface area contributed by atoms with Crippen molar-refractivity contribution in [3.63, 3.8) is 0 Å². The van der Waals surface area contributed by atoms with E-state index in [4.69, 9.17) is 20.4 Å². The number of rotatable bonds is 9. The van der Waals surface area contributed by atoms with E-state index in [2.05, 4.69) is 0 Å². The fourth-order valence-electron chi connectivity index (χ4n) is 1.04. The lowest BCUT2D eigenvalue weighted by Gasteiger charge is -2.18. The molecule has 0 aromatic rings. The third-order valence-corrected chi connectivity index (χ3v) is 2.00. The Hall–Kier alpha value is -0.240. The van der Waals surface area contributed by atoms with Crippen LogP contribution >= 0.6 is 0 Å². The molecule has 0 aromatic carbocycles. The van der Waals surface area contributed by atoms with Gasteiger partial charge in [0.2, 0.25) is 0 Å². The summed E-state index contributed by atoms with van der Waals surface area (Å²) >= 11 is 0. The molecule has 0 unspecified atom stereocenters. The van der Waals surface area contributed by atoms with Gasteiger partial charge in [-0.15, -0.1) is 0 Å². The van der Waals surface area contributed by atoms with Crippen LogP contribution in [0.3, 0.4) is 0 Å². The van der Waals surface area contributed by atoms with Crippen LogP contribution in [0.2, 0.25) is 0 Å². The first kappa shape index (κ1) is 13.8. The highest BCUT2D eigenvalue weighted by atomic mass is 16.3. The fourth-order valence-corrected chi connectivity index (χ4v) is 1.04. The largest absolute Gasteiger partial charge is 0.381 e. The third-order valence-electron chi connectivity index (χ3n) is 2.00. The van der Waals surface area contributed by atoms with Crippen LogP contribution in [0.4, 0.5) is 0 Å². The van der Waals surface area contributed by atoms with Crippen molar-refractivity contribution in [3.8, 4) is 0 Å². The van der Waals surface area contributed by atoms with Crippen molar-refractivity contribution < 1.29 is 20.4 Å². The van der Waals surface area contributed by atoms with Gasteiger partial charge >= 0.3 is 0 Å². The molecule has 86 valence electrons. The molecule has 6 heteroatoms. The average Bonchev–Trinajstić information content (AvgIpc) is 2.24. The molecule has 0 amide bonds. The van der Waals surface area contributed by atoms with Crippen LogP contribution < -0.4 is 0 Å². The van der Waals surface area contributed by atoms with Crippen molar-refractivity contribution in [1.29, 1.82) is 0 Å². The maximum Gasteiger partial charge on any atom is 0.0974 e. The Morgan fingerprint density at radius 2 is 0.857 bits per heavy atom. The Labute approximate surface area is 84.0 Å². The standard InChI is InChI=1S/C8H20N2O4/c11-5-9(6-12)3-1-2-4-10(7-13)8-14/h11-14H,1-8H2. The van der Waals surface area contributed by atoms with Crippen molar-refractivity contribution in [2.75, 3.05) is 40.0 Å². The first-order chi connectivity index (χ1) is 6.78. The first-order valence-corrected chi connectivity index (χ1v) is 4.66. The van der Waals surface area contributed by atoms with Crippen molar-refractivity contribution in [2.24, 2.45) is 0 Å². The number of nitrogens with zero attached hydrogens (tertiary/aromatic N) is 2. The van der Waals surface area contributed by atoms with Crippen molar-refractivity contribution >= 4 is 0 Å². The van der Waals surface area contributed by atoms with Gasteiger partial charge in [-0.2, -0.15) is 0 Å². The monoisotopic (exact) mass is 208 g/mol. The van der Waals surface area contributed by atoms with Crippen molar-refractivity contribution in [2.45, 2.75) is 12.8 Å². The van der Waals surface area contributed by atoms with E-state index in [9.17, 15) is 0 Å². The Bertz CT molecular complexity index is 104. The van der Waals surface area contributed by atoms with E-state index >= 15 is 0 Å². The summed E-state index contributed by atoms with van der Waals surface area (Å²) in [6, 6.07) is 0. The number of aliphatic hydroxyl groups is 4. The van der Waals surface area contributed by atoms with Gasteiger partial charge in [0.15, 0.2) is 0 Å². The predicted octanol–water partition coefficient (Wildman–Crippen LogP) is -1.83. The SMILES string of the molecule is OCN(CO)CCCCN(CO)CO. The molecule has 0 saturated carbocycles. The lowest BCUT2D eigenvalue weighted by molar-refractivity contribution is 0.0180. The number of hydrogen-bond acceptors (Lipinski definition) is 6. The normalized spacial score (nSPS) is 11.6. The van der Waals surface area contributed by atoms with Gasteiger partial charge in [-0.1, -0.05) is 0 Å². The minimum atomic E-state index is -0.153. The number of unbranched alkanes of at least 4 members (excludes halogenated alkanes) is 1. The highest BCUT2D eigenvalue weighted by Crippen LogP contribution is 1.96. The van der Waals surface area contributed by atoms with Crippen LogP contribution in [-0.4, -0.2) is 70.2 Å². The van der Waals surface area contributed by atoms with Crippen LogP contribution in [-0.2, 0) is 0 Å². The van der Waals surface area contributed by atoms with E-state index < -0.39 is 0 Å². The molecule has 4 N–H and O–H groups in total. The summed E-state index contributed by atoms with van der Waals surface area (Å²) in [4.78, 5) is 2.98. The Kier molecular flexibility index (Phi) is 9.16. The average molecular weight is 208 g/mol. The van der Waals surface area contributed by atoms with Crippen LogP contribution in [0.1, 0.15) is 12.8 Å². The fraction of sp³-hybridized carbons (Fsp3) is 1.00. The summed E-state index contributed by atoms with van der Waals surface area (Å²) < 4.78 is 0. The predicted molar refractivity (Wildman–Crippen MR) is 51.0 cm³/mol. The minimum absolute atomic E-state index is 0.153. The molecule has 0 aliphatic heterocycles. The molecule has 0 saturated heterocycles. The number of aliphatic hydroxyl groups excluding tert-OH is 4. The van der Waals surface area contributed by atoms with Crippen LogP contribution in [0, 0.1) is 0 Å². The Balaban J connectivity index is 3.35. The van der Waals surface area contributed by atoms with Crippen molar-refractivity contribution in [3.05, 3.63) is 0 Å². The molecule has 0 aliphatic carbocycles. The minimum Gasteiger partial charge on any atom is -0.381 e. The van der Waals surface area contributed by atoms with E-state index in [1.54, 1.807) is 0 Å².